The molecule has 0 saturated carbocycles. The molecule has 2 fully saturated rings. The fourth-order valence-electron chi connectivity index (χ4n) is 2.89. The van der Waals surface area contributed by atoms with Crippen LogP contribution in [0.3, 0.4) is 0 Å². The van der Waals surface area contributed by atoms with Gasteiger partial charge in [-0.05, 0) is 25.3 Å². The Morgan fingerprint density at radius 3 is 2.50 bits per heavy atom. The number of nitrogens with zero attached hydrogens (tertiary/aromatic N) is 3. The average Bonchev–Trinajstić information content (AvgIpc) is 2.78. The average molecular weight is 276 g/mol. The topological polar surface area (TPSA) is 50.3 Å². The fourth-order valence-corrected chi connectivity index (χ4v) is 2.89. The Labute approximate surface area is 120 Å². The summed E-state index contributed by atoms with van der Waals surface area (Å²) in [6, 6.07) is 0. The molecule has 3 heterocycles. The van der Waals surface area contributed by atoms with Gasteiger partial charge in [0, 0.05) is 37.6 Å². The van der Waals surface area contributed by atoms with Crippen LogP contribution in [0.5, 0.6) is 0 Å². The molecule has 3 rings (SSSR count). The molecule has 1 N–H and O–H groups in total. The van der Waals surface area contributed by atoms with Crippen LogP contribution in [0.25, 0.3) is 0 Å². The third kappa shape index (κ3) is 3.27. The van der Waals surface area contributed by atoms with E-state index in [1.54, 1.807) is 0 Å². The number of anilines is 1. The molecule has 2 saturated heterocycles. The summed E-state index contributed by atoms with van der Waals surface area (Å²) < 4.78 is 5.84. The van der Waals surface area contributed by atoms with Crippen molar-refractivity contribution in [2.75, 3.05) is 24.5 Å². The van der Waals surface area contributed by atoms with Crippen LogP contribution in [0, 0.1) is 5.92 Å². The molecule has 2 aliphatic rings. The molecule has 0 radical (unpaired) electrons. The Bertz CT molecular complexity index is 422. The second-order valence-corrected chi connectivity index (χ2v) is 6.28. The van der Waals surface area contributed by atoms with Gasteiger partial charge in [-0.15, -0.1) is 0 Å². The zero-order valence-electron chi connectivity index (χ0n) is 12.4. The third-order valence-electron chi connectivity index (χ3n) is 3.90. The van der Waals surface area contributed by atoms with Crippen LogP contribution >= 0.6 is 0 Å². The van der Waals surface area contributed by atoms with E-state index < -0.39 is 0 Å². The Morgan fingerprint density at radius 2 is 1.90 bits per heavy atom. The quantitative estimate of drug-likeness (QED) is 0.885. The molecular weight excluding hydrogens is 252 g/mol. The van der Waals surface area contributed by atoms with Crippen LogP contribution in [-0.4, -0.2) is 41.8 Å². The highest BCUT2D eigenvalue weighted by atomic mass is 16.5. The molecule has 0 amide bonds. The number of fused-ring (bicyclic) bond motifs is 2. The van der Waals surface area contributed by atoms with Crippen molar-refractivity contribution in [2.24, 2.45) is 5.92 Å². The van der Waals surface area contributed by atoms with Gasteiger partial charge in [-0.3, -0.25) is 0 Å². The Balaban J connectivity index is 1.56. The number of morpholine rings is 1. The van der Waals surface area contributed by atoms with Crippen molar-refractivity contribution in [2.45, 2.75) is 45.4 Å². The summed E-state index contributed by atoms with van der Waals surface area (Å²) >= 11 is 0. The molecule has 5 nitrogen and oxygen atoms in total. The molecule has 2 aliphatic heterocycles. The summed E-state index contributed by atoms with van der Waals surface area (Å²) in [5.74, 6) is 1.51. The molecular formula is C15H24N4O. The predicted molar refractivity (Wildman–Crippen MR) is 78.7 cm³/mol. The minimum absolute atomic E-state index is 0.379. The van der Waals surface area contributed by atoms with E-state index in [0.29, 0.717) is 18.1 Å². The SMILES string of the molecule is CC(C)CNCc1cnc(N2CC3CCC(C2)O3)nc1. The van der Waals surface area contributed by atoms with Gasteiger partial charge in [0.15, 0.2) is 0 Å². The molecule has 5 heteroatoms. The highest BCUT2D eigenvalue weighted by Gasteiger charge is 2.34. The normalized spacial score (nSPS) is 25.4. The van der Waals surface area contributed by atoms with E-state index >= 15 is 0 Å². The van der Waals surface area contributed by atoms with Gasteiger partial charge in [0.25, 0.3) is 0 Å². The van der Waals surface area contributed by atoms with Gasteiger partial charge in [-0.2, -0.15) is 0 Å². The molecule has 20 heavy (non-hydrogen) atoms. The molecule has 110 valence electrons. The smallest absolute Gasteiger partial charge is 0.225 e. The van der Waals surface area contributed by atoms with E-state index in [9.17, 15) is 0 Å². The Morgan fingerprint density at radius 1 is 1.25 bits per heavy atom. The number of nitrogens with one attached hydrogen (secondary N) is 1. The summed E-state index contributed by atoms with van der Waals surface area (Å²) in [4.78, 5) is 11.3. The lowest BCUT2D eigenvalue weighted by Gasteiger charge is -2.32. The third-order valence-corrected chi connectivity index (χ3v) is 3.90. The molecule has 2 unspecified atom stereocenters. The lowest BCUT2D eigenvalue weighted by molar-refractivity contribution is 0.0299. The maximum absolute atomic E-state index is 5.84. The van der Waals surface area contributed by atoms with Crippen LogP contribution in [-0.2, 0) is 11.3 Å². The lowest BCUT2D eigenvalue weighted by atomic mass is 10.2. The summed E-state index contributed by atoms with van der Waals surface area (Å²) in [6.45, 7) is 8.14. The first kappa shape index (κ1) is 13.8. The van der Waals surface area contributed by atoms with Crippen molar-refractivity contribution in [3.05, 3.63) is 18.0 Å². The number of hydrogen-bond donors (Lipinski definition) is 1. The first-order chi connectivity index (χ1) is 9.70. The molecule has 0 spiro atoms. The number of ether oxygens (including phenoxy) is 1. The van der Waals surface area contributed by atoms with Gasteiger partial charge in [0.2, 0.25) is 5.95 Å². The van der Waals surface area contributed by atoms with Crippen LogP contribution < -0.4 is 10.2 Å². The molecule has 2 atom stereocenters. The maximum Gasteiger partial charge on any atom is 0.225 e. The highest BCUT2D eigenvalue weighted by molar-refractivity contribution is 5.32. The Kier molecular flexibility index (Phi) is 4.17. The van der Waals surface area contributed by atoms with E-state index in [0.717, 1.165) is 37.7 Å². The monoisotopic (exact) mass is 276 g/mol. The zero-order chi connectivity index (χ0) is 13.9. The van der Waals surface area contributed by atoms with E-state index in [4.69, 9.17) is 4.74 Å². The summed E-state index contributed by atoms with van der Waals surface area (Å²) in [6.07, 6.45) is 6.99. The van der Waals surface area contributed by atoms with E-state index in [1.165, 1.54) is 12.8 Å². The zero-order valence-corrected chi connectivity index (χ0v) is 12.4. The van der Waals surface area contributed by atoms with Crippen molar-refractivity contribution in [1.82, 2.24) is 15.3 Å². The van der Waals surface area contributed by atoms with Crippen molar-refractivity contribution in [3.63, 3.8) is 0 Å². The van der Waals surface area contributed by atoms with E-state index in [1.807, 2.05) is 12.4 Å². The molecule has 0 aliphatic carbocycles. The second-order valence-electron chi connectivity index (χ2n) is 6.28. The van der Waals surface area contributed by atoms with E-state index in [2.05, 4.69) is 34.0 Å². The van der Waals surface area contributed by atoms with Crippen LogP contribution in [0.2, 0.25) is 0 Å². The van der Waals surface area contributed by atoms with Gasteiger partial charge < -0.3 is 15.0 Å². The van der Waals surface area contributed by atoms with Crippen molar-refractivity contribution in [3.8, 4) is 0 Å². The van der Waals surface area contributed by atoms with Gasteiger partial charge in [0.05, 0.1) is 12.2 Å². The van der Waals surface area contributed by atoms with Gasteiger partial charge >= 0.3 is 0 Å². The van der Waals surface area contributed by atoms with Gasteiger partial charge in [-0.1, -0.05) is 13.8 Å². The highest BCUT2D eigenvalue weighted by Crippen LogP contribution is 2.27. The maximum atomic E-state index is 5.84. The van der Waals surface area contributed by atoms with Crippen molar-refractivity contribution >= 4 is 5.95 Å². The van der Waals surface area contributed by atoms with Crippen LogP contribution in [0.15, 0.2) is 12.4 Å². The minimum atomic E-state index is 0.379. The standard InChI is InChI=1S/C15H24N4O/c1-11(2)5-16-6-12-7-17-15(18-8-12)19-9-13-3-4-14(10-19)20-13/h7-8,11,13-14,16H,3-6,9-10H2,1-2H3. The Hall–Kier alpha value is -1.20. The largest absolute Gasteiger partial charge is 0.371 e. The second kappa shape index (κ2) is 6.06. The van der Waals surface area contributed by atoms with Crippen LogP contribution in [0.1, 0.15) is 32.3 Å². The molecule has 0 aromatic carbocycles. The van der Waals surface area contributed by atoms with Crippen molar-refractivity contribution < 1.29 is 4.74 Å². The lowest BCUT2D eigenvalue weighted by Crippen LogP contribution is -2.43. The minimum Gasteiger partial charge on any atom is -0.371 e. The number of rotatable bonds is 5. The molecule has 1 aromatic heterocycles. The van der Waals surface area contributed by atoms with Crippen molar-refractivity contribution in [1.29, 1.82) is 0 Å². The molecule has 1 aromatic rings. The van der Waals surface area contributed by atoms with Gasteiger partial charge in [-0.25, -0.2) is 9.97 Å². The number of aromatic nitrogens is 2. The summed E-state index contributed by atoms with van der Waals surface area (Å²) in [5, 5.41) is 3.41. The fraction of sp³-hybridized carbons (Fsp3) is 0.733. The molecule has 2 bridgehead atoms. The summed E-state index contributed by atoms with van der Waals surface area (Å²) in [5.41, 5.74) is 1.14. The van der Waals surface area contributed by atoms with E-state index in [-0.39, 0.29) is 0 Å². The first-order valence-corrected chi connectivity index (χ1v) is 7.63. The first-order valence-electron chi connectivity index (χ1n) is 7.63. The predicted octanol–water partition coefficient (Wildman–Crippen LogP) is 1.59. The van der Waals surface area contributed by atoms with Gasteiger partial charge in [0.1, 0.15) is 0 Å². The van der Waals surface area contributed by atoms with Crippen LogP contribution in [0.4, 0.5) is 5.95 Å². The summed E-state index contributed by atoms with van der Waals surface area (Å²) in [7, 11) is 0. The number of hydrogen-bond acceptors (Lipinski definition) is 5.